The van der Waals surface area contributed by atoms with E-state index in [1.165, 1.54) is 12.8 Å². The zero-order valence-electron chi connectivity index (χ0n) is 6.78. The van der Waals surface area contributed by atoms with Gasteiger partial charge in [0.1, 0.15) is 0 Å². The number of hydrogen-bond donors (Lipinski definition) is 0. The Labute approximate surface area is 62.6 Å². The maximum Gasteiger partial charge on any atom is 0.0126 e. The van der Waals surface area contributed by atoms with Crippen LogP contribution in [0.5, 0.6) is 0 Å². The van der Waals surface area contributed by atoms with Crippen molar-refractivity contribution in [3.8, 4) is 0 Å². The molecule has 0 spiro atoms. The normalized spacial score (nSPS) is 48.8. The lowest BCUT2D eigenvalue weighted by Crippen LogP contribution is -2.37. The summed E-state index contributed by atoms with van der Waals surface area (Å²) in [4.78, 5) is 0. The van der Waals surface area contributed by atoms with Crippen molar-refractivity contribution in [2.24, 2.45) is 10.8 Å². The minimum Gasteiger partial charge on any atom is -0.103 e. The van der Waals surface area contributed by atoms with Gasteiger partial charge < -0.3 is 0 Å². The molecular weight excluding hydrogens is 120 g/mol. The van der Waals surface area contributed by atoms with Crippen LogP contribution < -0.4 is 0 Å². The molecule has 2 unspecified atom stereocenters. The van der Waals surface area contributed by atoms with E-state index in [-0.39, 0.29) is 0 Å². The van der Waals surface area contributed by atoms with E-state index in [0.29, 0.717) is 10.8 Å². The largest absolute Gasteiger partial charge is 0.103 e. The lowest BCUT2D eigenvalue weighted by atomic mass is 9.58. The Bertz CT molecular complexity index is 224. The van der Waals surface area contributed by atoms with Crippen LogP contribution in [-0.2, 0) is 0 Å². The minimum absolute atomic E-state index is 0.515. The van der Waals surface area contributed by atoms with Gasteiger partial charge in [0.2, 0.25) is 0 Å². The van der Waals surface area contributed by atoms with Crippen LogP contribution in [0, 0.1) is 10.8 Å². The van der Waals surface area contributed by atoms with Gasteiger partial charge >= 0.3 is 0 Å². The Morgan fingerprint density at radius 2 is 2.40 bits per heavy atom. The number of hydrogen-bond acceptors (Lipinski definition) is 0. The molecule has 0 aromatic carbocycles. The summed E-state index contributed by atoms with van der Waals surface area (Å²) in [5.74, 6) is 0. The average molecular weight is 134 g/mol. The van der Waals surface area contributed by atoms with Crippen molar-refractivity contribution < 1.29 is 0 Å². The molecule has 10 heavy (non-hydrogen) atoms. The second-order valence-electron chi connectivity index (χ2n) is 4.10. The van der Waals surface area contributed by atoms with Gasteiger partial charge in [-0.1, -0.05) is 31.6 Å². The van der Waals surface area contributed by atoms with E-state index < -0.39 is 0 Å². The average Bonchev–Trinajstić information content (AvgIpc) is 2.39. The van der Waals surface area contributed by atoms with Gasteiger partial charge in [-0.3, -0.25) is 0 Å². The molecule has 0 saturated heterocycles. The van der Waals surface area contributed by atoms with E-state index in [0.717, 1.165) is 0 Å². The lowest BCUT2D eigenvalue weighted by molar-refractivity contribution is 0.130. The Kier molecular flexibility index (Phi) is 0.862. The van der Waals surface area contributed by atoms with Crippen LogP contribution in [0.25, 0.3) is 0 Å². The van der Waals surface area contributed by atoms with Crippen LogP contribution in [0.15, 0.2) is 24.3 Å². The van der Waals surface area contributed by atoms with Crippen LogP contribution in [-0.4, -0.2) is 0 Å². The molecule has 0 aliphatic heterocycles. The molecule has 54 valence electrons. The summed E-state index contributed by atoms with van der Waals surface area (Å²) in [6.07, 6.45) is 6.95. The summed E-state index contributed by atoms with van der Waals surface area (Å²) in [7, 11) is 0. The second kappa shape index (κ2) is 1.39. The monoisotopic (exact) mass is 134 g/mol. The molecule has 2 aliphatic rings. The first-order valence-electron chi connectivity index (χ1n) is 3.95. The van der Waals surface area contributed by atoms with E-state index in [1.54, 1.807) is 5.57 Å². The summed E-state index contributed by atoms with van der Waals surface area (Å²) in [5.41, 5.74) is 2.72. The van der Waals surface area contributed by atoms with Crippen molar-refractivity contribution in [3.63, 3.8) is 0 Å². The third-order valence-corrected chi connectivity index (χ3v) is 3.48. The van der Waals surface area contributed by atoms with Crippen LogP contribution in [0.1, 0.15) is 26.7 Å². The lowest BCUT2D eigenvalue weighted by Gasteiger charge is -2.45. The Balaban J connectivity index is 2.13. The van der Waals surface area contributed by atoms with Gasteiger partial charge in [0, 0.05) is 5.41 Å². The fourth-order valence-electron chi connectivity index (χ4n) is 2.21. The molecule has 0 nitrogen and oxygen atoms in total. The maximum absolute atomic E-state index is 3.79. The van der Waals surface area contributed by atoms with Gasteiger partial charge in [-0.2, -0.15) is 0 Å². The Morgan fingerprint density at radius 1 is 1.70 bits per heavy atom. The molecular formula is C10H14. The van der Waals surface area contributed by atoms with Gasteiger partial charge in [-0.25, -0.2) is 0 Å². The highest BCUT2D eigenvalue weighted by atomic mass is 14.7. The summed E-state index contributed by atoms with van der Waals surface area (Å²) < 4.78 is 0. The van der Waals surface area contributed by atoms with Gasteiger partial charge in [0.05, 0.1) is 0 Å². The molecule has 0 heterocycles. The molecule has 2 aliphatic carbocycles. The van der Waals surface area contributed by atoms with Crippen molar-refractivity contribution in [2.45, 2.75) is 26.7 Å². The van der Waals surface area contributed by atoms with E-state index in [4.69, 9.17) is 0 Å². The van der Waals surface area contributed by atoms with E-state index in [1.807, 2.05) is 6.08 Å². The molecule has 1 saturated carbocycles. The molecule has 0 radical (unpaired) electrons. The third-order valence-electron chi connectivity index (χ3n) is 3.48. The van der Waals surface area contributed by atoms with Crippen molar-refractivity contribution in [3.05, 3.63) is 24.3 Å². The zero-order chi connectivity index (χ0) is 7.41. The van der Waals surface area contributed by atoms with Crippen LogP contribution in [0.4, 0.5) is 0 Å². The van der Waals surface area contributed by atoms with Crippen molar-refractivity contribution in [2.75, 3.05) is 0 Å². The first kappa shape index (κ1) is 6.21. The second-order valence-corrected chi connectivity index (χ2v) is 4.10. The molecule has 2 rings (SSSR count). The highest BCUT2D eigenvalue weighted by molar-refractivity contribution is 5.50. The van der Waals surface area contributed by atoms with Crippen LogP contribution in [0.3, 0.4) is 0 Å². The number of rotatable bonds is 2. The SMILES string of the molecule is C=CCC1(C)CC2=CC21C. The van der Waals surface area contributed by atoms with Crippen molar-refractivity contribution in [1.29, 1.82) is 0 Å². The summed E-state index contributed by atoms with van der Waals surface area (Å²) in [6, 6.07) is 0. The Morgan fingerprint density at radius 3 is 2.70 bits per heavy atom. The highest BCUT2D eigenvalue weighted by Gasteiger charge is 2.62. The van der Waals surface area contributed by atoms with Crippen LogP contribution in [0.2, 0.25) is 0 Å². The summed E-state index contributed by atoms with van der Waals surface area (Å²) >= 11 is 0. The smallest absolute Gasteiger partial charge is 0.0126 e. The van der Waals surface area contributed by atoms with Gasteiger partial charge in [-0.15, -0.1) is 6.58 Å². The molecule has 1 fully saturated rings. The maximum atomic E-state index is 3.79. The quantitative estimate of drug-likeness (QED) is 0.509. The third kappa shape index (κ3) is 0.448. The van der Waals surface area contributed by atoms with Gasteiger partial charge in [0.15, 0.2) is 0 Å². The zero-order valence-corrected chi connectivity index (χ0v) is 6.78. The molecule has 0 heteroatoms. The molecule has 0 bridgehead atoms. The predicted octanol–water partition coefficient (Wildman–Crippen LogP) is 2.92. The summed E-state index contributed by atoms with van der Waals surface area (Å²) in [5, 5.41) is 0. The van der Waals surface area contributed by atoms with Crippen molar-refractivity contribution in [1.82, 2.24) is 0 Å². The number of fused-ring (bicyclic) bond motifs is 1. The first-order chi connectivity index (χ1) is 4.62. The van der Waals surface area contributed by atoms with Gasteiger partial charge in [-0.05, 0) is 18.3 Å². The fourth-order valence-corrected chi connectivity index (χ4v) is 2.21. The van der Waals surface area contributed by atoms with E-state index >= 15 is 0 Å². The van der Waals surface area contributed by atoms with Crippen LogP contribution >= 0.6 is 0 Å². The van der Waals surface area contributed by atoms with Gasteiger partial charge in [0.25, 0.3) is 0 Å². The fraction of sp³-hybridized carbons (Fsp3) is 0.600. The number of allylic oxidation sites excluding steroid dienone is 3. The van der Waals surface area contributed by atoms with Crippen molar-refractivity contribution >= 4 is 0 Å². The first-order valence-corrected chi connectivity index (χ1v) is 3.95. The molecule has 2 atom stereocenters. The molecule has 0 amide bonds. The van der Waals surface area contributed by atoms with E-state index in [9.17, 15) is 0 Å². The topological polar surface area (TPSA) is 0 Å². The summed E-state index contributed by atoms with van der Waals surface area (Å²) in [6.45, 7) is 8.49. The minimum atomic E-state index is 0.515. The molecule has 0 aromatic rings. The van der Waals surface area contributed by atoms with E-state index in [2.05, 4.69) is 26.5 Å². The Hall–Kier alpha value is -0.520. The molecule has 0 N–H and O–H groups in total. The standard InChI is InChI=1S/C10H14/c1-4-5-9(2)6-8-7-10(8,9)3/h4,7H,1,5-6H2,2-3H3. The predicted molar refractivity (Wildman–Crippen MR) is 43.7 cm³/mol. The molecule has 0 aromatic heterocycles. The highest BCUT2D eigenvalue weighted by Crippen LogP contribution is 2.72.